The maximum Gasteiger partial charge on any atom is 0.311 e. The Bertz CT molecular complexity index is 4990. The van der Waals surface area contributed by atoms with E-state index in [0.717, 1.165) is 92.9 Å². The van der Waals surface area contributed by atoms with E-state index >= 15 is 0 Å². The molecule has 5 aromatic carbocycles. The van der Waals surface area contributed by atoms with Crippen molar-refractivity contribution >= 4 is 106 Å². The van der Waals surface area contributed by atoms with Crippen LogP contribution in [0.1, 0.15) is 157 Å². The minimum Gasteiger partial charge on any atom is -0.381 e. The van der Waals surface area contributed by atoms with Crippen LogP contribution in [-0.4, -0.2) is 208 Å². The number of hydrogen-bond acceptors (Lipinski definition) is 21. The SMILES string of the molecule is CC(C)ONC(=O)C(=O)[C@H]1CNC(=O)[C@@H]1Cc1ccccc1.CC(F)(F)CNC(=O)C(=O)[C@H]1CNC(=O)[C@@H]1C1CCCCC1.CC(F)(F)CNC(=O)C(=O)[C@H]1CNC(=O)[C@@H]1c1ccccc1.O=C(NC1CCOCC1)C(=O)[C@H]1CNC(=O)[C@@H]1Cc1ccccc1.O=C(NCC1CC1)C(=O)[C@H]1CNC(=O)[C@@H]1c1ccccc1.O=C(NOC1CCCCC1)C(=O)[C@H]1CNC(=O)[C@@H]1Cc1ccccc1. The zero-order valence-corrected chi connectivity index (χ0v) is 76.6. The number of carbonyl (C=O) groups excluding carboxylic acids is 18. The Hall–Kier alpha value is -12.6. The smallest absolute Gasteiger partial charge is 0.311 e. The van der Waals surface area contributed by atoms with Crippen molar-refractivity contribution in [2.45, 2.75) is 179 Å². The van der Waals surface area contributed by atoms with Crippen molar-refractivity contribution in [3.63, 3.8) is 0 Å². The van der Waals surface area contributed by atoms with Gasteiger partial charge in [0.05, 0.1) is 96.3 Å². The van der Waals surface area contributed by atoms with E-state index in [1.165, 1.54) is 6.42 Å². The predicted molar refractivity (Wildman–Crippen MR) is 484 cm³/mol. The molecule has 3 saturated carbocycles. The van der Waals surface area contributed by atoms with E-state index in [2.05, 4.69) is 53.5 Å². The van der Waals surface area contributed by atoms with E-state index in [1.807, 2.05) is 132 Å². The number of Topliss-reactive ketones (excluding diaryl/α,β-unsaturated/α-hetero) is 6. The number of amides is 12. The number of hydroxylamine groups is 2. The van der Waals surface area contributed by atoms with Crippen LogP contribution in [0, 0.1) is 71.0 Å². The van der Waals surface area contributed by atoms with E-state index in [4.69, 9.17) is 14.4 Å². The standard InChI is InChI=1S/C19H24N2O4.C18H22N2O4.C16H20N2O4.C16H18N2O3.C15H22F2N2O3.C15H16F2N2O3/c22-17(19(24)21-25-14-9-5-2-6-10-14)16-12-20-18(23)15(16)11-13-7-3-1-4-8-13;21-16(18(23)20-13-6-8-24-9-7-13)15-11-19-17(22)14(15)10-12-4-2-1-3-5-12;1-10(2)22-18-16(21)14(19)13-9-17-15(20)12(13)8-11-6-4-3-5-7-11;19-14(16(21)17-8-10-6-7-10)12-9-18-15(20)13(12)11-4-2-1-3-5-11;2*1-15(16,17)8-19-14(22)12(20)10-7-18-13(21)11(10)9-5-3-2-4-6-9/h1,3-4,7-8,14-16H,2,5-6,9-12H2,(H,20,23)(H,21,24);1-5,13-15H,6-11H2,(H,19,22)(H,20,23);3-7,10,12-13H,8-9H2,1-2H3,(H,17,20)(H,18,21);1-5,10,12-13H,6-9H2,(H,17,21)(H,18,20);9-11H,2-8H2,1H3,(H,18,21)(H,19,22);2-6,10-11H,7-8H2,1H3,(H,18,21)(H,19,22)/t15-,16+;14-,15+;2*12-,13+;2*10-,11+/m111000/s1. The topological polar surface area (TPSA) is 479 Å². The fourth-order valence-electron chi connectivity index (χ4n) is 17.9. The second-order valence-corrected chi connectivity index (χ2v) is 36.3. The number of rotatable bonds is 32. The average Bonchev–Trinajstić information content (AvgIpc) is 1.66. The number of carbonyl (C=O) groups is 18. The van der Waals surface area contributed by atoms with Crippen LogP contribution in [0.3, 0.4) is 0 Å². The number of ether oxygens (including phenoxy) is 1. The molecule has 0 spiro atoms. The summed E-state index contributed by atoms with van der Waals surface area (Å²) in [5.41, 5.74) is 8.75. The van der Waals surface area contributed by atoms with Crippen molar-refractivity contribution in [3.05, 3.63) is 179 Å². The number of benzene rings is 5. The van der Waals surface area contributed by atoms with Crippen molar-refractivity contribution in [1.29, 1.82) is 0 Å². The second-order valence-electron chi connectivity index (χ2n) is 36.3. The Kier molecular flexibility index (Phi) is 39.8. The molecule has 37 heteroatoms. The molecule has 33 nitrogen and oxygen atoms in total. The van der Waals surface area contributed by atoms with Crippen LogP contribution in [-0.2, 0) is 120 Å². The van der Waals surface area contributed by atoms with Gasteiger partial charge < -0.3 is 57.9 Å². The fraction of sp³-hybridized carbons (Fsp3) is 0.515. The molecule has 7 aliphatic heterocycles. The molecule has 0 bridgehead atoms. The summed E-state index contributed by atoms with van der Waals surface area (Å²) in [6.45, 7) is 5.75. The lowest BCUT2D eigenvalue weighted by Crippen LogP contribution is -2.45. The lowest BCUT2D eigenvalue weighted by atomic mass is 9.74. The molecule has 0 radical (unpaired) electrons. The van der Waals surface area contributed by atoms with Crippen molar-refractivity contribution in [3.8, 4) is 0 Å². The van der Waals surface area contributed by atoms with Crippen molar-refractivity contribution < 1.29 is 118 Å². The van der Waals surface area contributed by atoms with E-state index in [0.29, 0.717) is 77.2 Å². The summed E-state index contributed by atoms with van der Waals surface area (Å²) in [4.78, 5) is 228. The van der Waals surface area contributed by atoms with Gasteiger partial charge in [-0.2, -0.15) is 0 Å². The number of nitrogens with one attached hydrogen (secondary N) is 12. The molecule has 136 heavy (non-hydrogen) atoms. The van der Waals surface area contributed by atoms with Crippen LogP contribution in [0.2, 0.25) is 0 Å². The van der Waals surface area contributed by atoms with Gasteiger partial charge in [0, 0.05) is 78.9 Å². The van der Waals surface area contributed by atoms with Gasteiger partial charge in [0.2, 0.25) is 70.1 Å². The molecule has 12 atom stereocenters. The predicted octanol–water partition coefficient (Wildman–Crippen LogP) is 5.35. The van der Waals surface area contributed by atoms with Gasteiger partial charge in [0.1, 0.15) is 0 Å². The molecule has 7 heterocycles. The Morgan fingerprint density at radius 3 is 1.10 bits per heavy atom. The zero-order chi connectivity index (χ0) is 98.2. The molecule has 5 aromatic rings. The first-order valence-electron chi connectivity index (χ1n) is 46.6. The summed E-state index contributed by atoms with van der Waals surface area (Å²) in [7, 11) is 0. The van der Waals surface area contributed by atoms with Gasteiger partial charge in [-0.3, -0.25) is 96.0 Å². The van der Waals surface area contributed by atoms with Gasteiger partial charge in [0.15, 0.2) is 0 Å². The summed E-state index contributed by atoms with van der Waals surface area (Å²) in [5.74, 6) is -23.0. The summed E-state index contributed by atoms with van der Waals surface area (Å²) in [5, 5.41) is 25.3. The first kappa shape index (κ1) is 105. The van der Waals surface area contributed by atoms with E-state index in [9.17, 15) is 104 Å². The largest absolute Gasteiger partial charge is 0.381 e. The Labute approximate surface area is 785 Å². The Balaban J connectivity index is 0.000000169. The number of hydrogen-bond donors (Lipinski definition) is 12. The maximum absolute atomic E-state index is 12.8. The van der Waals surface area contributed by atoms with Gasteiger partial charge in [-0.05, 0) is 124 Å². The van der Waals surface area contributed by atoms with Gasteiger partial charge in [0.25, 0.3) is 35.5 Å². The summed E-state index contributed by atoms with van der Waals surface area (Å²) in [6, 6.07) is 46.2. The average molecular weight is 1890 g/mol. The molecule has 12 N–H and O–H groups in total. The maximum atomic E-state index is 12.8. The highest BCUT2D eigenvalue weighted by molar-refractivity contribution is 6.40. The third-order valence-corrected chi connectivity index (χ3v) is 25.5. The number of halogens is 4. The molecule has 732 valence electrons. The molecule has 10 aliphatic rings. The van der Waals surface area contributed by atoms with Gasteiger partial charge in [-0.1, -0.05) is 190 Å². The highest BCUT2D eigenvalue weighted by Crippen LogP contribution is 2.38. The minimum atomic E-state index is -3.10. The summed E-state index contributed by atoms with van der Waals surface area (Å²) >= 11 is 0. The molecule has 3 aliphatic carbocycles. The van der Waals surface area contributed by atoms with Crippen LogP contribution >= 0.6 is 0 Å². The fourth-order valence-corrected chi connectivity index (χ4v) is 17.9. The van der Waals surface area contributed by atoms with Crippen LogP contribution in [0.25, 0.3) is 0 Å². The highest BCUT2D eigenvalue weighted by Gasteiger charge is 2.50. The normalized spacial score (nSPS) is 23.6. The molecule has 15 rings (SSSR count). The van der Waals surface area contributed by atoms with Crippen LogP contribution in [0.5, 0.6) is 0 Å². The van der Waals surface area contributed by atoms with Crippen molar-refractivity contribution in [2.75, 3.05) is 72.1 Å². The third kappa shape index (κ3) is 31.7. The van der Waals surface area contributed by atoms with Gasteiger partial charge >= 0.3 is 11.8 Å². The monoisotopic (exact) mass is 1890 g/mol. The molecular weight excluding hydrogens is 1770 g/mol. The number of alkyl halides is 4. The van der Waals surface area contributed by atoms with E-state index in [1.54, 1.807) is 44.2 Å². The first-order valence-corrected chi connectivity index (χ1v) is 46.6. The van der Waals surface area contributed by atoms with Gasteiger partial charge in [-0.25, -0.2) is 28.5 Å². The number of ketones is 6. The lowest BCUT2D eigenvalue weighted by Gasteiger charge is -2.28. The van der Waals surface area contributed by atoms with Crippen molar-refractivity contribution in [2.24, 2.45) is 71.0 Å². The zero-order valence-electron chi connectivity index (χ0n) is 76.6. The van der Waals surface area contributed by atoms with Crippen molar-refractivity contribution in [1.82, 2.24) is 64.1 Å². The molecule has 0 aromatic heterocycles. The minimum absolute atomic E-state index is 0.0195. The Morgan fingerprint density at radius 1 is 0.375 bits per heavy atom. The molecule has 7 saturated heterocycles. The van der Waals surface area contributed by atoms with Gasteiger partial charge in [-0.15, -0.1) is 0 Å². The molecular formula is C99H122F4N12O21. The second kappa shape index (κ2) is 51.3. The van der Waals surface area contributed by atoms with Crippen LogP contribution in [0.4, 0.5) is 17.6 Å². The van der Waals surface area contributed by atoms with E-state index < -0.39 is 166 Å². The third-order valence-electron chi connectivity index (χ3n) is 25.5. The Morgan fingerprint density at radius 2 is 0.706 bits per heavy atom. The summed E-state index contributed by atoms with van der Waals surface area (Å²) in [6.07, 6.45) is 14.8. The molecule has 0 unspecified atom stereocenters. The van der Waals surface area contributed by atoms with Crippen LogP contribution < -0.4 is 64.1 Å². The van der Waals surface area contributed by atoms with Crippen LogP contribution in [0.15, 0.2) is 152 Å². The lowest BCUT2D eigenvalue weighted by molar-refractivity contribution is -0.152. The first-order chi connectivity index (χ1) is 65.0. The molecule has 10 fully saturated rings. The summed E-state index contributed by atoms with van der Waals surface area (Å²) < 4.78 is 56.2. The van der Waals surface area contributed by atoms with E-state index in [-0.39, 0.29) is 98.9 Å². The quantitative estimate of drug-likeness (QED) is 0.0147. The molecule has 12 amide bonds. The highest BCUT2D eigenvalue weighted by atomic mass is 19.3.